The zero-order chi connectivity index (χ0) is 22.9. The van der Waals surface area contributed by atoms with Gasteiger partial charge in [0, 0.05) is 12.6 Å². The average Bonchev–Trinajstić information content (AvgIpc) is 2.81. The van der Waals surface area contributed by atoms with Gasteiger partial charge in [-0.15, -0.1) is 0 Å². The number of alkyl carbamates (subject to hydrolysis) is 1. The molecular formula is C22H23N5O5. The van der Waals surface area contributed by atoms with E-state index in [0.29, 0.717) is 16.7 Å². The summed E-state index contributed by atoms with van der Waals surface area (Å²) in [4.78, 5) is 45.1. The number of amides is 3. The molecular weight excluding hydrogens is 414 g/mol. The van der Waals surface area contributed by atoms with E-state index in [1.165, 1.54) is 6.20 Å². The minimum atomic E-state index is -1.33. The maximum absolute atomic E-state index is 12.5. The Hall–Kier alpha value is -4.05. The summed E-state index contributed by atoms with van der Waals surface area (Å²) in [6.07, 6.45) is 0.599. The van der Waals surface area contributed by atoms with Crippen molar-refractivity contribution < 1.29 is 24.2 Å². The van der Waals surface area contributed by atoms with Crippen LogP contribution in [-0.2, 0) is 27.4 Å². The number of para-hydroxylation sites is 2. The van der Waals surface area contributed by atoms with Gasteiger partial charge in [-0.3, -0.25) is 14.6 Å². The van der Waals surface area contributed by atoms with Crippen LogP contribution in [0.2, 0.25) is 0 Å². The standard InChI is InChI=1S/C22H23N5O5/c23-20(29)18(10-15-11-24-16-8-4-5-9-17(16)25-15)26-21(30)19(12-28)27-22(31)32-13-14-6-2-1-3-7-14/h1-9,11,18-19,28H,10,12-13H2,(H2,23,29)(H,26,30)(H,27,31)/t18-,19+/m1/s1. The van der Waals surface area contributed by atoms with Crippen LogP contribution in [0.25, 0.3) is 11.0 Å². The highest BCUT2D eigenvalue weighted by atomic mass is 16.5. The van der Waals surface area contributed by atoms with Crippen molar-refractivity contribution in [3.05, 3.63) is 72.1 Å². The molecule has 0 unspecified atom stereocenters. The quantitative estimate of drug-likeness (QED) is 0.378. The van der Waals surface area contributed by atoms with E-state index in [9.17, 15) is 19.5 Å². The van der Waals surface area contributed by atoms with Gasteiger partial charge in [0.2, 0.25) is 11.8 Å². The third-order valence-electron chi connectivity index (χ3n) is 4.58. The predicted molar refractivity (Wildman–Crippen MR) is 115 cm³/mol. The maximum Gasteiger partial charge on any atom is 0.408 e. The van der Waals surface area contributed by atoms with Gasteiger partial charge in [-0.1, -0.05) is 42.5 Å². The second-order valence-electron chi connectivity index (χ2n) is 6.96. The van der Waals surface area contributed by atoms with Crippen molar-refractivity contribution in [2.75, 3.05) is 6.61 Å². The third-order valence-corrected chi connectivity index (χ3v) is 4.58. The average molecular weight is 437 g/mol. The van der Waals surface area contributed by atoms with Crippen LogP contribution in [0, 0.1) is 0 Å². The maximum atomic E-state index is 12.5. The molecule has 0 fully saturated rings. The summed E-state index contributed by atoms with van der Waals surface area (Å²) in [6.45, 7) is -0.704. The molecule has 32 heavy (non-hydrogen) atoms. The van der Waals surface area contributed by atoms with Crippen LogP contribution in [0.15, 0.2) is 60.8 Å². The summed E-state index contributed by atoms with van der Waals surface area (Å²) < 4.78 is 5.05. The van der Waals surface area contributed by atoms with Gasteiger partial charge < -0.3 is 26.2 Å². The van der Waals surface area contributed by atoms with Crippen LogP contribution >= 0.6 is 0 Å². The van der Waals surface area contributed by atoms with Gasteiger partial charge in [-0.25, -0.2) is 9.78 Å². The lowest BCUT2D eigenvalue weighted by atomic mass is 10.1. The molecule has 0 bridgehead atoms. The van der Waals surface area contributed by atoms with E-state index >= 15 is 0 Å². The minimum absolute atomic E-state index is 0.00299. The van der Waals surface area contributed by atoms with Crippen LogP contribution < -0.4 is 16.4 Å². The normalized spacial score (nSPS) is 12.5. The molecule has 10 nitrogen and oxygen atoms in total. The van der Waals surface area contributed by atoms with Crippen LogP contribution in [0.5, 0.6) is 0 Å². The highest BCUT2D eigenvalue weighted by Gasteiger charge is 2.26. The first-order valence-electron chi connectivity index (χ1n) is 9.84. The summed E-state index contributed by atoms with van der Waals surface area (Å²) in [5.74, 6) is -1.58. The Morgan fingerprint density at radius 2 is 1.66 bits per heavy atom. The molecule has 3 amide bonds. The first-order chi connectivity index (χ1) is 15.5. The molecule has 3 rings (SSSR count). The molecule has 1 aromatic heterocycles. The number of fused-ring (bicyclic) bond motifs is 1. The molecule has 0 saturated heterocycles. The van der Waals surface area contributed by atoms with Gasteiger partial charge in [0.25, 0.3) is 0 Å². The number of carbonyl (C=O) groups excluding carboxylic acids is 3. The number of rotatable bonds is 9. The summed E-state index contributed by atoms with van der Waals surface area (Å²) >= 11 is 0. The van der Waals surface area contributed by atoms with Gasteiger partial charge in [-0.05, 0) is 17.7 Å². The number of ether oxygens (including phenoxy) is 1. The molecule has 0 saturated carbocycles. The van der Waals surface area contributed by atoms with E-state index in [1.807, 2.05) is 18.2 Å². The monoisotopic (exact) mass is 437 g/mol. The lowest BCUT2D eigenvalue weighted by Gasteiger charge is -2.20. The van der Waals surface area contributed by atoms with Crippen molar-refractivity contribution in [2.24, 2.45) is 5.73 Å². The fourth-order valence-corrected chi connectivity index (χ4v) is 2.90. The number of benzene rings is 2. The number of aliphatic hydroxyl groups is 1. The number of aromatic nitrogens is 2. The molecule has 0 aliphatic carbocycles. The topological polar surface area (TPSA) is 157 Å². The zero-order valence-corrected chi connectivity index (χ0v) is 17.1. The fourth-order valence-electron chi connectivity index (χ4n) is 2.90. The van der Waals surface area contributed by atoms with Gasteiger partial charge in [-0.2, -0.15) is 0 Å². The molecule has 0 aliphatic heterocycles. The van der Waals surface area contributed by atoms with Crippen molar-refractivity contribution in [1.29, 1.82) is 0 Å². The summed E-state index contributed by atoms with van der Waals surface area (Å²) in [5, 5.41) is 14.2. The number of nitrogens with one attached hydrogen (secondary N) is 2. The van der Waals surface area contributed by atoms with Crippen molar-refractivity contribution in [1.82, 2.24) is 20.6 Å². The van der Waals surface area contributed by atoms with Crippen molar-refractivity contribution in [2.45, 2.75) is 25.1 Å². The number of hydrogen-bond acceptors (Lipinski definition) is 7. The minimum Gasteiger partial charge on any atom is -0.445 e. The molecule has 10 heteroatoms. The van der Waals surface area contributed by atoms with Crippen LogP contribution in [0.3, 0.4) is 0 Å². The summed E-state index contributed by atoms with van der Waals surface area (Å²) in [7, 11) is 0. The fraction of sp³-hybridized carbons (Fsp3) is 0.227. The zero-order valence-electron chi connectivity index (χ0n) is 17.1. The smallest absolute Gasteiger partial charge is 0.408 e. The first kappa shape index (κ1) is 22.6. The van der Waals surface area contributed by atoms with E-state index in [1.54, 1.807) is 36.4 Å². The number of primary amides is 1. The molecule has 3 aromatic rings. The molecule has 0 radical (unpaired) electrons. The Labute approximate surface area is 183 Å². The van der Waals surface area contributed by atoms with Crippen LogP contribution in [0.4, 0.5) is 4.79 Å². The number of nitrogens with zero attached hydrogens (tertiary/aromatic N) is 2. The van der Waals surface area contributed by atoms with E-state index in [4.69, 9.17) is 10.5 Å². The molecule has 1 heterocycles. The van der Waals surface area contributed by atoms with E-state index in [2.05, 4.69) is 20.6 Å². The van der Waals surface area contributed by atoms with Crippen molar-refractivity contribution >= 4 is 28.9 Å². The van der Waals surface area contributed by atoms with Crippen LogP contribution in [-0.4, -0.2) is 51.7 Å². The van der Waals surface area contributed by atoms with Gasteiger partial charge in [0.1, 0.15) is 18.7 Å². The van der Waals surface area contributed by atoms with E-state index in [0.717, 1.165) is 5.56 Å². The van der Waals surface area contributed by atoms with Gasteiger partial charge >= 0.3 is 6.09 Å². The van der Waals surface area contributed by atoms with Gasteiger partial charge in [0.05, 0.1) is 23.3 Å². The number of carbonyl (C=O) groups is 3. The lowest BCUT2D eigenvalue weighted by molar-refractivity contribution is -0.129. The molecule has 0 aliphatic rings. The molecule has 0 spiro atoms. The number of hydrogen-bond donors (Lipinski definition) is 4. The van der Waals surface area contributed by atoms with Gasteiger partial charge in [0.15, 0.2) is 0 Å². The second-order valence-corrected chi connectivity index (χ2v) is 6.96. The van der Waals surface area contributed by atoms with E-state index < -0.39 is 36.6 Å². The Morgan fingerprint density at radius 1 is 0.969 bits per heavy atom. The number of aliphatic hydroxyl groups excluding tert-OH is 1. The summed E-state index contributed by atoms with van der Waals surface area (Å²) in [6, 6.07) is 13.7. The second kappa shape index (κ2) is 10.8. The highest BCUT2D eigenvalue weighted by Crippen LogP contribution is 2.10. The molecule has 5 N–H and O–H groups in total. The molecule has 166 valence electrons. The van der Waals surface area contributed by atoms with Crippen LogP contribution in [0.1, 0.15) is 11.3 Å². The van der Waals surface area contributed by atoms with Crippen molar-refractivity contribution in [3.8, 4) is 0 Å². The summed E-state index contributed by atoms with van der Waals surface area (Å²) in [5.41, 5.74) is 7.96. The van der Waals surface area contributed by atoms with Crippen molar-refractivity contribution in [3.63, 3.8) is 0 Å². The Bertz CT molecular complexity index is 1090. The molecule has 2 atom stereocenters. The highest BCUT2D eigenvalue weighted by molar-refractivity contribution is 5.91. The molecule has 2 aromatic carbocycles. The van der Waals surface area contributed by atoms with E-state index in [-0.39, 0.29) is 13.0 Å². The Kier molecular flexibility index (Phi) is 7.65. The number of nitrogens with two attached hydrogens (primary N) is 1. The predicted octanol–water partition coefficient (Wildman–Crippen LogP) is 0.430. The lowest BCUT2D eigenvalue weighted by Crippen LogP contribution is -2.55. The Balaban J connectivity index is 1.59. The first-order valence-corrected chi connectivity index (χ1v) is 9.84. The SMILES string of the molecule is NC(=O)[C@@H](Cc1cnc2ccccc2n1)NC(=O)[C@H](CO)NC(=O)OCc1ccccc1. The third kappa shape index (κ3) is 6.22. The Morgan fingerprint density at radius 3 is 2.34 bits per heavy atom. The largest absolute Gasteiger partial charge is 0.445 e.